The van der Waals surface area contributed by atoms with E-state index in [9.17, 15) is 5.11 Å². The number of methoxy groups -OCH3 is 2. The first-order valence-corrected chi connectivity index (χ1v) is 4.02. The Labute approximate surface area is 81.9 Å². The van der Waals surface area contributed by atoms with Gasteiger partial charge in [-0.1, -0.05) is 17.3 Å². The zero-order chi connectivity index (χ0) is 10.7. The molecule has 0 saturated heterocycles. The zero-order valence-corrected chi connectivity index (χ0v) is 8.04. The molecule has 0 radical (unpaired) electrons. The third-order valence-corrected chi connectivity index (χ3v) is 2.24. The van der Waals surface area contributed by atoms with Crippen molar-refractivity contribution in [1.82, 2.24) is 0 Å². The summed E-state index contributed by atoms with van der Waals surface area (Å²) in [6.07, 6.45) is 7.30. The zero-order valence-electron chi connectivity index (χ0n) is 8.04. The van der Waals surface area contributed by atoms with Crippen LogP contribution in [0.2, 0.25) is 0 Å². The smallest absolute Gasteiger partial charge is 0.224 e. The predicted octanol–water partition coefficient (Wildman–Crippen LogP) is 0.293. The molecule has 14 heavy (non-hydrogen) atoms. The minimum atomic E-state index is -1.66. The van der Waals surface area contributed by atoms with Gasteiger partial charge in [0.1, 0.15) is 0 Å². The Kier molecular flexibility index (Phi) is 3.05. The van der Waals surface area contributed by atoms with E-state index in [1.165, 1.54) is 26.4 Å². The van der Waals surface area contributed by atoms with Crippen LogP contribution < -0.4 is 0 Å². The monoisotopic (exact) mass is 199 g/mol. The van der Waals surface area contributed by atoms with E-state index in [1.54, 1.807) is 12.2 Å². The average molecular weight is 199 g/mol. The topological polar surface area (TPSA) is 71.3 Å². The van der Waals surface area contributed by atoms with Gasteiger partial charge in [0.15, 0.2) is 5.60 Å². The average Bonchev–Trinajstić information content (AvgIpc) is 2.22. The van der Waals surface area contributed by atoms with Crippen LogP contribution in [-0.2, 0) is 9.47 Å². The van der Waals surface area contributed by atoms with Crippen molar-refractivity contribution >= 4 is 6.21 Å². The van der Waals surface area contributed by atoms with E-state index in [4.69, 9.17) is 14.7 Å². The molecule has 0 bridgehead atoms. The van der Waals surface area contributed by atoms with Gasteiger partial charge in [-0.2, -0.15) is 0 Å². The Morgan fingerprint density at radius 1 is 1.21 bits per heavy atom. The Morgan fingerprint density at radius 3 is 2.36 bits per heavy atom. The number of hydrogen-bond acceptors (Lipinski definition) is 5. The molecule has 0 aromatic heterocycles. The van der Waals surface area contributed by atoms with Crippen LogP contribution >= 0.6 is 0 Å². The second-order valence-corrected chi connectivity index (χ2v) is 2.86. The van der Waals surface area contributed by atoms with Crippen molar-refractivity contribution in [3.8, 4) is 0 Å². The highest BCUT2D eigenvalue weighted by Gasteiger charge is 2.49. The van der Waals surface area contributed by atoms with E-state index >= 15 is 0 Å². The first-order chi connectivity index (χ1) is 6.64. The van der Waals surface area contributed by atoms with Crippen molar-refractivity contribution in [2.75, 3.05) is 14.2 Å². The standard InChI is InChI=1S/C9H13NO4/c1-13-8(7-10-12)5-3-4-6-9(8,11)14-2/h3-7,11-12H,1-2H3. The number of nitrogens with zero attached hydrogens (tertiary/aromatic N) is 1. The normalized spacial score (nSPS) is 36.8. The van der Waals surface area contributed by atoms with Gasteiger partial charge in [0.05, 0.1) is 6.21 Å². The van der Waals surface area contributed by atoms with E-state index < -0.39 is 11.4 Å². The number of oxime groups is 1. The highest BCUT2D eigenvalue weighted by atomic mass is 16.6. The molecule has 0 aromatic rings. The largest absolute Gasteiger partial charge is 0.411 e. The first-order valence-electron chi connectivity index (χ1n) is 4.02. The summed E-state index contributed by atoms with van der Waals surface area (Å²) in [7, 11) is 2.72. The van der Waals surface area contributed by atoms with Gasteiger partial charge < -0.3 is 19.8 Å². The van der Waals surface area contributed by atoms with Crippen LogP contribution in [0.15, 0.2) is 29.5 Å². The maximum absolute atomic E-state index is 10.0. The molecule has 5 nitrogen and oxygen atoms in total. The molecule has 0 heterocycles. The Hall–Kier alpha value is -1.17. The summed E-state index contributed by atoms with van der Waals surface area (Å²) in [5, 5.41) is 21.4. The number of aliphatic hydroxyl groups is 1. The van der Waals surface area contributed by atoms with Gasteiger partial charge in [-0.05, 0) is 12.2 Å². The van der Waals surface area contributed by atoms with Crippen LogP contribution in [-0.4, -0.2) is 42.1 Å². The number of ether oxygens (including phenoxy) is 2. The molecule has 1 rings (SSSR count). The van der Waals surface area contributed by atoms with Gasteiger partial charge in [0.2, 0.25) is 5.79 Å². The Bertz CT molecular complexity index is 287. The summed E-state index contributed by atoms with van der Waals surface area (Å²) in [5.41, 5.74) is -1.30. The molecule has 0 saturated carbocycles. The summed E-state index contributed by atoms with van der Waals surface area (Å²) in [4.78, 5) is 0. The van der Waals surface area contributed by atoms with Crippen LogP contribution in [0.4, 0.5) is 0 Å². The highest BCUT2D eigenvalue weighted by Crippen LogP contribution is 2.31. The lowest BCUT2D eigenvalue weighted by Gasteiger charge is -2.39. The fraction of sp³-hybridized carbons (Fsp3) is 0.444. The maximum Gasteiger partial charge on any atom is 0.224 e. The number of rotatable bonds is 3. The molecule has 78 valence electrons. The molecule has 0 spiro atoms. The lowest BCUT2D eigenvalue weighted by atomic mass is 9.89. The van der Waals surface area contributed by atoms with Crippen molar-refractivity contribution in [1.29, 1.82) is 0 Å². The van der Waals surface area contributed by atoms with E-state index in [1.807, 2.05) is 0 Å². The van der Waals surface area contributed by atoms with Gasteiger partial charge >= 0.3 is 0 Å². The molecule has 2 unspecified atom stereocenters. The third-order valence-electron chi connectivity index (χ3n) is 2.24. The van der Waals surface area contributed by atoms with Crippen LogP contribution in [0.1, 0.15) is 0 Å². The van der Waals surface area contributed by atoms with Gasteiger partial charge in [-0.25, -0.2) is 0 Å². The lowest BCUT2D eigenvalue weighted by molar-refractivity contribution is -0.223. The molecule has 0 aromatic carbocycles. The predicted molar refractivity (Wildman–Crippen MR) is 50.3 cm³/mol. The van der Waals surface area contributed by atoms with Crippen molar-refractivity contribution in [2.45, 2.75) is 11.4 Å². The minimum absolute atomic E-state index is 1.07. The van der Waals surface area contributed by atoms with Gasteiger partial charge in [0, 0.05) is 14.2 Å². The first kappa shape index (κ1) is 10.9. The second kappa shape index (κ2) is 3.91. The van der Waals surface area contributed by atoms with Crippen molar-refractivity contribution in [2.24, 2.45) is 5.16 Å². The summed E-state index contributed by atoms with van der Waals surface area (Å²) >= 11 is 0. The van der Waals surface area contributed by atoms with Crippen molar-refractivity contribution in [3.63, 3.8) is 0 Å². The van der Waals surface area contributed by atoms with E-state index in [0.717, 1.165) is 6.21 Å². The van der Waals surface area contributed by atoms with Crippen LogP contribution in [0.25, 0.3) is 0 Å². The molecule has 1 aliphatic rings. The second-order valence-electron chi connectivity index (χ2n) is 2.86. The molecule has 1 aliphatic carbocycles. The Morgan fingerprint density at radius 2 is 1.86 bits per heavy atom. The molecule has 2 atom stereocenters. The van der Waals surface area contributed by atoms with Gasteiger partial charge in [0.25, 0.3) is 0 Å². The van der Waals surface area contributed by atoms with Crippen molar-refractivity contribution in [3.05, 3.63) is 24.3 Å². The van der Waals surface area contributed by atoms with E-state index in [2.05, 4.69) is 5.16 Å². The van der Waals surface area contributed by atoms with Gasteiger partial charge in [-0.3, -0.25) is 0 Å². The molecular formula is C9H13NO4. The van der Waals surface area contributed by atoms with Crippen molar-refractivity contribution < 1.29 is 19.8 Å². The fourth-order valence-corrected chi connectivity index (χ4v) is 1.35. The third kappa shape index (κ3) is 1.45. The molecule has 2 N–H and O–H groups in total. The fourth-order valence-electron chi connectivity index (χ4n) is 1.35. The number of hydrogen-bond donors (Lipinski definition) is 2. The summed E-state index contributed by atoms with van der Waals surface area (Å²) in [5.74, 6) is -1.66. The molecule has 0 fully saturated rings. The number of allylic oxidation sites excluding steroid dienone is 2. The van der Waals surface area contributed by atoms with E-state index in [0.29, 0.717) is 0 Å². The molecule has 0 aliphatic heterocycles. The minimum Gasteiger partial charge on any atom is -0.411 e. The summed E-state index contributed by atoms with van der Waals surface area (Å²) in [6, 6.07) is 0. The lowest BCUT2D eigenvalue weighted by Crippen LogP contribution is -2.56. The van der Waals surface area contributed by atoms with E-state index in [-0.39, 0.29) is 0 Å². The van der Waals surface area contributed by atoms with Crippen LogP contribution in [0.3, 0.4) is 0 Å². The SMILES string of the molecule is COC1(O)C=CC=CC1(C=NO)OC. The Balaban J connectivity index is 3.15. The highest BCUT2D eigenvalue weighted by molar-refractivity contribution is 5.74. The molecule has 0 amide bonds. The van der Waals surface area contributed by atoms with Crippen LogP contribution in [0.5, 0.6) is 0 Å². The quantitative estimate of drug-likeness (QED) is 0.296. The van der Waals surface area contributed by atoms with Gasteiger partial charge in [-0.15, -0.1) is 0 Å². The summed E-state index contributed by atoms with van der Waals surface area (Å²) < 4.78 is 10.0. The maximum atomic E-state index is 10.0. The molecule has 5 heteroatoms. The summed E-state index contributed by atoms with van der Waals surface area (Å²) in [6.45, 7) is 0. The van der Waals surface area contributed by atoms with Crippen LogP contribution in [0, 0.1) is 0 Å². The molecular weight excluding hydrogens is 186 g/mol.